The number of hydrogen-bond acceptors (Lipinski definition) is 2. The Bertz CT molecular complexity index is 419. The van der Waals surface area contributed by atoms with Crippen molar-refractivity contribution in [2.24, 2.45) is 5.92 Å². The predicted octanol–water partition coefficient (Wildman–Crippen LogP) is 3.09. The molecule has 2 rings (SSSR count). The van der Waals surface area contributed by atoms with Crippen molar-refractivity contribution in [3.63, 3.8) is 0 Å². The highest BCUT2D eigenvalue weighted by Gasteiger charge is 2.31. The molecule has 0 aromatic heterocycles. The first-order chi connectivity index (χ1) is 9.01. The topological polar surface area (TPSA) is 21.3 Å². The van der Waals surface area contributed by atoms with Crippen LogP contribution < -0.4 is 5.32 Å². The molecule has 0 aliphatic heterocycles. The molecule has 19 heavy (non-hydrogen) atoms. The number of benzene rings is 1. The molecular weight excluding hydrogens is 255 g/mol. The van der Waals surface area contributed by atoms with Gasteiger partial charge in [0.2, 0.25) is 0 Å². The first-order valence-corrected chi connectivity index (χ1v) is 6.41. The highest BCUT2D eigenvalue weighted by atomic mass is 19.4. The quantitative estimate of drug-likeness (QED) is 0.832. The van der Waals surface area contributed by atoms with Gasteiger partial charge in [0.25, 0.3) is 0 Å². The maximum atomic E-state index is 12.0. The average Bonchev–Trinajstić information content (AvgIpc) is 2.71. The first kappa shape index (κ1) is 14.3. The lowest BCUT2D eigenvalue weighted by atomic mass is 9.97. The van der Waals surface area contributed by atoms with Crippen LogP contribution in [-0.2, 0) is 11.2 Å². The molecule has 106 valence electrons. The zero-order chi connectivity index (χ0) is 13.9. The van der Waals surface area contributed by atoms with Gasteiger partial charge in [-0.05, 0) is 36.9 Å². The van der Waals surface area contributed by atoms with E-state index in [0.29, 0.717) is 12.3 Å². The van der Waals surface area contributed by atoms with Gasteiger partial charge in [-0.2, -0.15) is 13.2 Å². The fourth-order valence-corrected chi connectivity index (χ4v) is 2.76. The van der Waals surface area contributed by atoms with E-state index >= 15 is 0 Å². The van der Waals surface area contributed by atoms with Crippen LogP contribution in [0.25, 0.3) is 0 Å². The Labute approximate surface area is 111 Å². The maximum Gasteiger partial charge on any atom is 0.411 e. The smallest absolute Gasteiger partial charge is 0.372 e. The fourth-order valence-electron chi connectivity index (χ4n) is 2.76. The molecule has 1 N–H and O–H groups in total. The van der Waals surface area contributed by atoms with Crippen molar-refractivity contribution in [2.45, 2.75) is 25.1 Å². The summed E-state index contributed by atoms with van der Waals surface area (Å²) < 4.78 is 40.6. The maximum absolute atomic E-state index is 12.0. The van der Waals surface area contributed by atoms with Crippen LogP contribution in [0.5, 0.6) is 0 Å². The average molecular weight is 273 g/mol. The highest BCUT2D eigenvalue weighted by Crippen LogP contribution is 2.37. The standard InChI is InChI=1S/C14H18F3NO/c1-18-13-11(6-7-19-9-14(15,16)17)8-10-4-2-3-5-12(10)13/h2-5,11,13,18H,6-9H2,1H3. The summed E-state index contributed by atoms with van der Waals surface area (Å²) in [6.45, 7) is -1.01. The first-order valence-electron chi connectivity index (χ1n) is 6.41. The third kappa shape index (κ3) is 3.70. The lowest BCUT2D eigenvalue weighted by molar-refractivity contribution is -0.174. The molecule has 0 heterocycles. The zero-order valence-electron chi connectivity index (χ0n) is 10.8. The molecule has 0 radical (unpaired) electrons. The van der Waals surface area contributed by atoms with Gasteiger partial charge in [0.15, 0.2) is 0 Å². The van der Waals surface area contributed by atoms with Crippen molar-refractivity contribution < 1.29 is 17.9 Å². The molecule has 0 bridgehead atoms. The van der Waals surface area contributed by atoms with Gasteiger partial charge in [-0.15, -0.1) is 0 Å². The van der Waals surface area contributed by atoms with E-state index in [-0.39, 0.29) is 12.6 Å². The third-order valence-electron chi connectivity index (χ3n) is 3.55. The number of hydrogen-bond donors (Lipinski definition) is 1. The van der Waals surface area contributed by atoms with Crippen LogP contribution in [0, 0.1) is 5.92 Å². The number of fused-ring (bicyclic) bond motifs is 1. The molecule has 1 aliphatic rings. The Morgan fingerprint density at radius 3 is 2.74 bits per heavy atom. The minimum Gasteiger partial charge on any atom is -0.372 e. The molecule has 0 amide bonds. The van der Waals surface area contributed by atoms with Crippen molar-refractivity contribution in [2.75, 3.05) is 20.3 Å². The summed E-state index contributed by atoms with van der Waals surface area (Å²) in [5.74, 6) is 0.302. The van der Waals surface area contributed by atoms with Crippen LogP contribution in [0.1, 0.15) is 23.6 Å². The number of nitrogens with one attached hydrogen (secondary N) is 1. The van der Waals surface area contributed by atoms with Crippen molar-refractivity contribution in [3.05, 3.63) is 35.4 Å². The second-order valence-corrected chi connectivity index (χ2v) is 4.89. The summed E-state index contributed by atoms with van der Waals surface area (Å²) in [7, 11) is 1.89. The van der Waals surface area contributed by atoms with Gasteiger partial charge in [-0.1, -0.05) is 24.3 Å². The molecule has 2 nitrogen and oxygen atoms in total. The monoisotopic (exact) mass is 273 g/mol. The van der Waals surface area contributed by atoms with Crippen molar-refractivity contribution in [3.8, 4) is 0 Å². The van der Waals surface area contributed by atoms with E-state index in [0.717, 1.165) is 6.42 Å². The van der Waals surface area contributed by atoms with Crippen LogP contribution in [0.4, 0.5) is 13.2 Å². The Morgan fingerprint density at radius 1 is 1.32 bits per heavy atom. The molecule has 0 saturated carbocycles. The van der Waals surface area contributed by atoms with Gasteiger partial charge in [0, 0.05) is 12.6 Å². The second-order valence-electron chi connectivity index (χ2n) is 4.89. The molecule has 1 aliphatic carbocycles. The largest absolute Gasteiger partial charge is 0.411 e. The molecule has 0 saturated heterocycles. The van der Waals surface area contributed by atoms with Crippen molar-refractivity contribution >= 4 is 0 Å². The summed E-state index contributed by atoms with van der Waals surface area (Å²) in [5, 5.41) is 3.25. The molecule has 1 aromatic carbocycles. The Balaban J connectivity index is 1.86. The van der Waals surface area contributed by atoms with E-state index < -0.39 is 12.8 Å². The van der Waals surface area contributed by atoms with Crippen molar-refractivity contribution in [1.29, 1.82) is 0 Å². The van der Waals surface area contributed by atoms with E-state index in [1.165, 1.54) is 11.1 Å². The minimum atomic E-state index is -4.24. The Kier molecular flexibility index (Phi) is 4.47. The lowest BCUT2D eigenvalue weighted by Crippen LogP contribution is -2.24. The summed E-state index contributed by atoms with van der Waals surface area (Å²) >= 11 is 0. The van der Waals surface area contributed by atoms with E-state index in [1.807, 2.05) is 19.2 Å². The molecule has 0 fully saturated rings. The number of ether oxygens (including phenoxy) is 1. The Morgan fingerprint density at radius 2 is 2.05 bits per heavy atom. The minimum absolute atomic E-state index is 0.149. The van der Waals surface area contributed by atoms with Crippen LogP contribution in [0.2, 0.25) is 0 Å². The summed E-state index contributed by atoms with van der Waals surface area (Å²) in [4.78, 5) is 0. The normalized spacial score (nSPS) is 22.5. The number of rotatable bonds is 5. The van der Waals surface area contributed by atoms with Crippen LogP contribution in [0.15, 0.2) is 24.3 Å². The molecule has 2 unspecified atom stereocenters. The van der Waals surface area contributed by atoms with Gasteiger partial charge in [-0.25, -0.2) is 0 Å². The SMILES string of the molecule is CNC1c2ccccc2CC1CCOCC(F)(F)F. The van der Waals surface area contributed by atoms with Gasteiger partial charge in [0.1, 0.15) is 6.61 Å². The fraction of sp³-hybridized carbons (Fsp3) is 0.571. The van der Waals surface area contributed by atoms with Crippen LogP contribution in [0.3, 0.4) is 0 Å². The van der Waals surface area contributed by atoms with Gasteiger partial charge in [-0.3, -0.25) is 0 Å². The summed E-state index contributed by atoms with van der Waals surface area (Å²) in [6.07, 6.45) is -2.70. The molecular formula is C14H18F3NO. The van der Waals surface area contributed by atoms with Gasteiger partial charge >= 0.3 is 6.18 Å². The second kappa shape index (κ2) is 5.92. The predicted molar refractivity (Wildman–Crippen MR) is 66.9 cm³/mol. The zero-order valence-corrected chi connectivity index (χ0v) is 10.8. The molecule has 1 aromatic rings. The van der Waals surface area contributed by atoms with E-state index in [9.17, 15) is 13.2 Å². The summed E-state index contributed by atoms with van der Waals surface area (Å²) in [6, 6.07) is 8.36. The van der Waals surface area contributed by atoms with Gasteiger partial charge in [0.05, 0.1) is 0 Å². The van der Waals surface area contributed by atoms with E-state index in [4.69, 9.17) is 4.74 Å². The van der Waals surface area contributed by atoms with Crippen LogP contribution >= 0.6 is 0 Å². The van der Waals surface area contributed by atoms with Crippen molar-refractivity contribution in [1.82, 2.24) is 5.32 Å². The Hall–Kier alpha value is -1.07. The summed E-state index contributed by atoms with van der Waals surface area (Å²) in [5.41, 5.74) is 2.54. The van der Waals surface area contributed by atoms with E-state index in [1.54, 1.807) is 0 Å². The molecule has 2 atom stereocenters. The third-order valence-corrected chi connectivity index (χ3v) is 3.55. The number of halogens is 3. The lowest BCUT2D eigenvalue weighted by Gasteiger charge is -2.20. The molecule has 5 heteroatoms. The number of alkyl halides is 3. The molecule has 0 spiro atoms. The van der Waals surface area contributed by atoms with E-state index in [2.05, 4.69) is 17.4 Å². The van der Waals surface area contributed by atoms with Crippen LogP contribution in [-0.4, -0.2) is 26.4 Å². The highest BCUT2D eigenvalue weighted by molar-refractivity contribution is 5.35. The van der Waals surface area contributed by atoms with Gasteiger partial charge < -0.3 is 10.1 Å².